The Balaban J connectivity index is 1.32. The minimum absolute atomic E-state index is 0.0843. The topological polar surface area (TPSA) is 223 Å². The molecule has 0 saturated carbocycles. The van der Waals surface area contributed by atoms with Crippen molar-refractivity contribution in [3.8, 4) is 11.5 Å². The zero-order valence-corrected chi connectivity index (χ0v) is 26.9. The molecule has 2 heterocycles. The molecule has 49 heavy (non-hydrogen) atoms. The number of amidine groups is 1. The zero-order valence-electron chi connectivity index (χ0n) is 26.9. The molecule has 2 aliphatic rings. The van der Waals surface area contributed by atoms with Gasteiger partial charge in [0.25, 0.3) is 0 Å². The third kappa shape index (κ3) is 8.21. The summed E-state index contributed by atoms with van der Waals surface area (Å²) in [5.74, 6) is -0.193. The lowest BCUT2D eigenvalue weighted by Gasteiger charge is -2.40. The number of carbonyl (C=O) groups excluding carboxylic acids is 2. The number of hydrogen-bond donors (Lipinski definition) is 8. The van der Waals surface area contributed by atoms with Crippen molar-refractivity contribution in [3.63, 3.8) is 0 Å². The van der Waals surface area contributed by atoms with Crippen LogP contribution in [0.25, 0.3) is 0 Å². The first-order valence-electron chi connectivity index (χ1n) is 15.8. The Hall–Kier alpha value is -4.93. The van der Waals surface area contributed by atoms with Gasteiger partial charge < -0.3 is 60.8 Å². The number of nitrogens with two attached hydrogens (primary N) is 1. The van der Waals surface area contributed by atoms with Crippen LogP contribution in [0.2, 0.25) is 0 Å². The number of aliphatic hydroxyl groups is 4. The van der Waals surface area contributed by atoms with Gasteiger partial charge in [-0.25, -0.2) is 0 Å². The number of nitrogens with one attached hydrogen (secondary N) is 3. The molecule has 0 aliphatic carbocycles. The summed E-state index contributed by atoms with van der Waals surface area (Å²) in [7, 11) is 1.61. The highest BCUT2D eigenvalue weighted by molar-refractivity contribution is 5.96. The van der Waals surface area contributed by atoms with Gasteiger partial charge >= 0.3 is 0 Å². The number of nitrogens with zero attached hydrogens (tertiary/aromatic N) is 2. The predicted octanol–water partition coefficient (Wildman–Crippen LogP) is -0.224. The average Bonchev–Trinajstić information content (AvgIpc) is 3.13. The normalized spacial score (nSPS) is 22.9. The van der Waals surface area contributed by atoms with Crippen LogP contribution in [-0.2, 0) is 14.3 Å². The molecule has 0 radical (unpaired) electrons. The van der Waals surface area contributed by atoms with Crippen LogP contribution in [0.3, 0.4) is 0 Å². The van der Waals surface area contributed by atoms with Crippen molar-refractivity contribution in [2.24, 2.45) is 5.73 Å². The summed E-state index contributed by atoms with van der Waals surface area (Å²) in [6.07, 6.45) is -7.63. The van der Waals surface area contributed by atoms with Crippen molar-refractivity contribution in [1.29, 1.82) is 5.41 Å². The molecule has 6 unspecified atom stereocenters. The molecule has 6 atom stereocenters. The lowest BCUT2D eigenvalue weighted by molar-refractivity contribution is -0.277. The van der Waals surface area contributed by atoms with Crippen LogP contribution >= 0.6 is 0 Å². The van der Waals surface area contributed by atoms with Crippen LogP contribution in [0.4, 0.5) is 11.4 Å². The molecule has 0 bridgehead atoms. The molecule has 2 amide bonds. The van der Waals surface area contributed by atoms with Crippen molar-refractivity contribution in [3.05, 3.63) is 83.9 Å². The third-order valence-electron chi connectivity index (χ3n) is 8.54. The smallest absolute Gasteiger partial charge is 0.247 e. The van der Waals surface area contributed by atoms with Gasteiger partial charge in [0.05, 0.1) is 25.9 Å². The lowest BCUT2D eigenvalue weighted by atomic mass is 9.99. The summed E-state index contributed by atoms with van der Waals surface area (Å²) in [5, 5.41) is 54.4. The van der Waals surface area contributed by atoms with Gasteiger partial charge in [-0.2, -0.15) is 0 Å². The molecule has 0 spiro atoms. The Morgan fingerprint density at radius 1 is 0.959 bits per heavy atom. The molecule has 5 rings (SSSR count). The maximum atomic E-state index is 13.9. The van der Waals surface area contributed by atoms with E-state index in [2.05, 4.69) is 15.5 Å². The number of rotatable bonds is 12. The number of amides is 2. The fraction of sp³-hybridized carbons (Fsp3) is 0.382. The van der Waals surface area contributed by atoms with Gasteiger partial charge in [0, 0.05) is 43.0 Å². The van der Waals surface area contributed by atoms with Crippen molar-refractivity contribution in [2.45, 2.75) is 36.7 Å². The number of carbonyl (C=O) groups is 2. The Bertz CT molecular complexity index is 1620. The first-order valence-corrected chi connectivity index (χ1v) is 15.8. The van der Waals surface area contributed by atoms with Crippen molar-refractivity contribution < 1.29 is 44.2 Å². The van der Waals surface area contributed by atoms with Crippen LogP contribution in [0.15, 0.2) is 72.8 Å². The maximum Gasteiger partial charge on any atom is 0.247 e. The van der Waals surface area contributed by atoms with Gasteiger partial charge in [0.1, 0.15) is 47.8 Å². The van der Waals surface area contributed by atoms with E-state index >= 15 is 0 Å². The van der Waals surface area contributed by atoms with Gasteiger partial charge in [-0.1, -0.05) is 42.5 Å². The Morgan fingerprint density at radius 3 is 2.35 bits per heavy atom. The molecule has 15 nitrogen and oxygen atoms in total. The minimum Gasteiger partial charge on any atom is -0.495 e. The number of anilines is 2. The summed E-state index contributed by atoms with van der Waals surface area (Å²) in [6.45, 7) is 1.13. The molecule has 2 aliphatic heterocycles. The monoisotopic (exact) mass is 678 g/mol. The van der Waals surface area contributed by atoms with E-state index in [-0.39, 0.29) is 29.6 Å². The van der Waals surface area contributed by atoms with Gasteiger partial charge in [-0.3, -0.25) is 15.0 Å². The van der Waals surface area contributed by atoms with E-state index < -0.39 is 49.3 Å². The van der Waals surface area contributed by atoms with Crippen LogP contribution in [0.5, 0.6) is 11.5 Å². The van der Waals surface area contributed by atoms with Crippen molar-refractivity contribution in [1.82, 2.24) is 10.2 Å². The van der Waals surface area contributed by atoms with E-state index in [0.717, 1.165) is 11.4 Å². The number of ether oxygens (including phenoxy) is 3. The van der Waals surface area contributed by atoms with Gasteiger partial charge in [-0.05, 0) is 30.3 Å². The second-order valence-electron chi connectivity index (χ2n) is 11.7. The van der Waals surface area contributed by atoms with Gasteiger partial charge in [-0.15, -0.1) is 0 Å². The van der Waals surface area contributed by atoms with Gasteiger partial charge in [0.15, 0.2) is 0 Å². The number of para-hydroxylation sites is 3. The first-order chi connectivity index (χ1) is 23.6. The fourth-order valence-electron chi connectivity index (χ4n) is 5.81. The van der Waals surface area contributed by atoms with E-state index in [1.807, 2.05) is 24.3 Å². The Morgan fingerprint density at radius 2 is 1.65 bits per heavy atom. The molecule has 0 aromatic heterocycles. The van der Waals surface area contributed by atoms with E-state index in [1.165, 1.54) is 6.07 Å². The SMILES string of the molecule is COc1ccccc1N1CCN(C(=O)CNC(=O)C(Nc2cccc(C(=N)N)c2)c2ccccc2OC2OC(CO)C(O)C(O)C2O)CC1. The summed E-state index contributed by atoms with van der Waals surface area (Å²) < 4.78 is 17.0. The molecule has 2 saturated heterocycles. The predicted molar refractivity (Wildman–Crippen MR) is 179 cm³/mol. The highest BCUT2D eigenvalue weighted by atomic mass is 16.7. The zero-order chi connectivity index (χ0) is 35.1. The van der Waals surface area contributed by atoms with E-state index in [9.17, 15) is 30.0 Å². The highest BCUT2D eigenvalue weighted by Gasteiger charge is 2.45. The lowest BCUT2D eigenvalue weighted by Crippen LogP contribution is -2.60. The quantitative estimate of drug-likeness (QED) is 0.0920. The molecule has 9 N–H and O–H groups in total. The summed E-state index contributed by atoms with van der Waals surface area (Å²) >= 11 is 0. The first kappa shape index (κ1) is 35.4. The highest BCUT2D eigenvalue weighted by Crippen LogP contribution is 2.32. The number of methoxy groups -OCH3 is 1. The number of nitrogen functional groups attached to an aromatic ring is 1. The van der Waals surface area contributed by atoms with Crippen LogP contribution < -0.4 is 30.7 Å². The second kappa shape index (κ2) is 16.0. The Labute approximate surface area is 283 Å². The largest absolute Gasteiger partial charge is 0.495 e. The second-order valence-corrected chi connectivity index (χ2v) is 11.7. The molecule has 262 valence electrons. The molecule has 15 heteroatoms. The van der Waals surface area contributed by atoms with Crippen molar-refractivity contribution in [2.75, 3.05) is 56.7 Å². The minimum atomic E-state index is -1.68. The van der Waals surface area contributed by atoms with Crippen molar-refractivity contribution >= 4 is 29.0 Å². The molecular weight excluding hydrogens is 636 g/mol. The molecular formula is C34H42N6O9. The molecule has 3 aromatic rings. The number of aliphatic hydroxyl groups excluding tert-OH is 4. The molecule has 2 fully saturated rings. The summed E-state index contributed by atoms with van der Waals surface area (Å²) in [4.78, 5) is 31.0. The summed E-state index contributed by atoms with van der Waals surface area (Å²) in [5.41, 5.74) is 7.76. The maximum absolute atomic E-state index is 13.9. The van der Waals surface area contributed by atoms with E-state index in [0.29, 0.717) is 37.4 Å². The molecule has 3 aromatic carbocycles. The van der Waals surface area contributed by atoms with Crippen LogP contribution in [0, 0.1) is 5.41 Å². The standard InChI is InChI=1S/C34H42N6O9/c1-47-25-12-5-3-10-23(25)39-13-15-40(16-14-39)27(42)18-37-33(46)28(38-21-8-6-7-20(17-21)32(35)36)22-9-2-4-11-24(22)48-34-31(45)30(44)29(43)26(19-41)49-34/h2-12,17,26,28-31,34,38,41,43-45H,13-16,18-19H2,1H3,(H3,35,36)(H,37,46). The number of hydrogen-bond acceptors (Lipinski definition) is 12. The van der Waals surface area contributed by atoms with Crippen LogP contribution in [-0.4, -0.2) is 120 Å². The average molecular weight is 679 g/mol. The number of benzene rings is 3. The third-order valence-corrected chi connectivity index (χ3v) is 8.54. The fourth-order valence-corrected chi connectivity index (χ4v) is 5.81. The van der Waals surface area contributed by atoms with Crippen LogP contribution in [0.1, 0.15) is 17.2 Å². The van der Waals surface area contributed by atoms with E-state index in [1.54, 1.807) is 54.5 Å². The van der Waals surface area contributed by atoms with Gasteiger partial charge in [0.2, 0.25) is 18.1 Å². The number of piperazine rings is 1. The Kier molecular flexibility index (Phi) is 11.5. The summed E-state index contributed by atoms with van der Waals surface area (Å²) in [6, 6.07) is 19.5. The van der Waals surface area contributed by atoms with E-state index in [4.69, 9.17) is 25.4 Å².